The third-order valence-corrected chi connectivity index (χ3v) is 3.52. The van der Waals surface area contributed by atoms with Crippen LogP contribution >= 0.6 is 27.5 Å². The van der Waals surface area contributed by atoms with E-state index in [1.165, 1.54) is 30.1 Å². The van der Waals surface area contributed by atoms with Crippen LogP contribution in [0.2, 0.25) is 5.15 Å². The molecule has 0 atom stereocenters. The van der Waals surface area contributed by atoms with Crippen LogP contribution in [0.15, 0.2) is 33.8 Å². The Balaban J connectivity index is 2.42. The molecule has 0 bridgehead atoms. The average molecular weight is 348 g/mol. The van der Waals surface area contributed by atoms with Gasteiger partial charge in [0, 0.05) is 4.47 Å². The number of ether oxygens (including phenoxy) is 1. The fourth-order valence-corrected chi connectivity index (χ4v) is 2.25. The second-order valence-corrected chi connectivity index (χ2v) is 4.95. The molecule has 0 unspecified atom stereocenters. The Morgan fingerprint density at radius 2 is 2.26 bits per heavy atom. The van der Waals surface area contributed by atoms with E-state index in [0.29, 0.717) is 4.47 Å². The first-order valence-electron chi connectivity index (χ1n) is 5.25. The molecule has 0 aliphatic rings. The molecule has 1 aromatic heterocycles. The van der Waals surface area contributed by atoms with Crippen LogP contribution in [0.4, 0.5) is 4.39 Å². The van der Waals surface area contributed by atoms with Crippen molar-refractivity contribution in [1.82, 2.24) is 9.55 Å². The zero-order valence-corrected chi connectivity index (χ0v) is 12.2. The fraction of sp³-hybridized carbons (Fsp3) is 0.167. The molecule has 0 saturated heterocycles. The average Bonchev–Trinajstić information content (AvgIpc) is 2.36. The van der Waals surface area contributed by atoms with Crippen molar-refractivity contribution in [3.05, 3.63) is 55.9 Å². The molecule has 0 aliphatic carbocycles. The number of methoxy groups -OCH3 is 1. The van der Waals surface area contributed by atoms with E-state index in [1.807, 2.05) is 0 Å². The Morgan fingerprint density at radius 1 is 1.53 bits per heavy atom. The van der Waals surface area contributed by atoms with E-state index in [9.17, 15) is 9.18 Å². The van der Waals surface area contributed by atoms with Gasteiger partial charge >= 0.3 is 0 Å². The molecule has 2 rings (SSSR count). The summed E-state index contributed by atoms with van der Waals surface area (Å²) < 4.78 is 19.8. The minimum absolute atomic E-state index is 0.0117. The normalized spacial score (nSPS) is 10.5. The van der Waals surface area contributed by atoms with Gasteiger partial charge in [0.25, 0.3) is 5.56 Å². The molecule has 0 aliphatic heterocycles. The van der Waals surface area contributed by atoms with Crippen LogP contribution in [0.25, 0.3) is 0 Å². The quantitative estimate of drug-likeness (QED) is 0.802. The van der Waals surface area contributed by atoms with Gasteiger partial charge in [0.15, 0.2) is 5.15 Å². The lowest BCUT2D eigenvalue weighted by Gasteiger charge is -2.09. The predicted molar refractivity (Wildman–Crippen MR) is 73.3 cm³/mol. The molecule has 1 aromatic carbocycles. The number of halogens is 3. The van der Waals surface area contributed by atoms with Crippen molar-refractivity contribution in [1.29, 1.82) is 0 Å². The van der Waals surface area contributed by atoms with E-state index < -0.39 is 5.56 Å². The minimum Gasteiger partial charge on any atom is -0.489 e. The molecule has 0 radical (unpaired) electrons. The Morgan fingerprint density at radius 3 is 2.89 bits per heavy atom. The van der Waals surface area contributed by atoms with Gasteiger partial charge < -0.3 is 4.74 Å². The minimum atomic E-state index is -0.390. The molecule has 19 heavy (non-hydrogen) atoms. The summed E-state index contributed by atoms with van der Waals surface area (Å²) >= 11 is 8.99. The van der Waals surface area contributed by atoms with Crippen LogP contribution < -0.4 is 10.3 Å². The summed E-state index contributed by atoms with van der Waals surface area (Å²) in [6.45, 7) is 0.236. The zero-order valence-electron chi connectivity index (χ0n) is 9.86. The Labute approximate surface area is 121 Å². The molecule has 0 fully saturated rings. The summed E-state index contributed by atoms with van der Waals surface area (Å²) in [5.74, 6) is -0.364. The number of benzene rings is 1. The van der Waals surface area contributed by atoms with Crippen LogP contribution in [0, 0.1) is 5.82 Å². The highest BCUT2D eigenvalue weighted by Gasteiger charge is 2.11. The Bertz CT molecular complexity index is 675. The molecule has 0 amide bonds. The van der Waals surface area contributed by atoms with Crippen molar-refractivity contribution in [3.8, 4) is 5.75 Å². The Hall–Kier alpha value is -1.40. The molecule has 2 aromatic rings. The van der Waals surface area contributed by atoms with Gasteiger partial charge in [0.1, 0.15) is 5.82 Å². The van der Waals surface area contributed by atoms with E-state index in [2.05, 4.69) is 20.9 Å². The number of aromatic nitrogens is 2. The fourth-order valence-electron chi connectivity index (χ4n) is 1.57. The molecule has 4 nitrogen and oxygen atoms in total. The number of hydrogen-bond donors (Lipinski definition) is 0. The molecule has 0 saturated carbocycles. The zero-order chi connectivity index (χ0) is 14.0. The van der Waals surface area contributed by atoms with Gasteiger partial charge in [-0.3, -0.25) is 9.36 Å². The van der Waals surface area contributed by atoms with Crippen molar-refractivity contribution < 1.29 is 9.13 Å². The third kappa shape index (κ3) is 2.96. The maximum Gasteiger partial charge on any atom is 0.297 e. The van der Waals surface area contributed by atoms with E-state index in [1.54, 1.807) is 6.07 Å². The molecule has 7 heteroatoms. The first kappa shape index (κ1) is 14.0. The van der Waals surface area contributed by atoms with E-state index in [0.717, 1.165) is 5.56 Å². The van der Waals surface area contributed by atoms with Crippen LogP contribution in [-0.4, -0.2) is 16.7 Å². The second-order valence-electron chi connectivity index (χ2n) is 3.74. The smallest absolute Gasteiger partial charge is 0.297 e. The topological polar surface area (TPSA) is 44.1 Å². The summed E-state index contributed by atoms with van der Waals surface area (Å²) in [6, 6.07) is 4.25. The lowest BCUT2D eigenvalue weighted by atomic mass is 10.2. The summed E-state index contributed by atoms with van der Waals surface area (Å²) in [5.41, 5.74) is 0.355. The molecule has 1 heterocycles. The van der Waals surface area contributed by atoms with Gasteiger partial charge in [0.05, 0.1) is 20.0 Å². The number of hydrogen-bond acceptors (Lipinski definition) is 3. The summed E-state index contributed by atoms with van der Waals surface area (Å²) in [4.78, 5) is 15.9. The highest BCUT2D eigenvalue weighted by Crippen LogP contribution is 2.20. The first-order chi connectivity index (χ1) is 9.02. The lowest BCUT2D eigenvalue weighted by Crippen LogP contribution is -2.22. The van der Waals surface area contributed by atoms with Crippen LogP contribution in [-0.2, 0) is 6.54 Å². The maximum atomic E-state index is 13.0. The van der Waals surface area contributed by atoms with Gasteiger partial charge in [-0.15, -0.1) is 0 Å². The summed E-state index contributed by atoms with van der Waals surface area (Å²) in [6.07, 6.45) is 1.32. The van der Waals surface area contributed by atoms with Crippen molar-refractivity contribution >= 4 is 27.5 Å². The predicted octanol–water partition coefficient (Wildman–Crippen LogP) is 2.86. The molecular weight excluding hydrogens is 338 g/mol. The number of rotatable bonds is 3. The van der Waals surface area contributed by atoms with Gasteiger partial charge in [-0.2, -0.15) is 0 Å². The monoisotopic (exact) mass is 346 g/mol. The van der Waals surface area contributed by atoms with Crippen LogP contribution in [0.1, 0.15) is 5.56 Å². The van der Waals surface area contributed by atoms with Gasteiger partial charge in [0.2, 0.25) is 5.75 Å². The van der Waals surface area contributed by atoms with Gasteiger partial charge in [-0.25, -0.2) is 9.37 Å². The maximum absolute atomic E-state index is 13.0. The molecule has 100 valence electrons. The molecular formula is C12H9BrClFN2O2. The van der Waals surface area contributed by atoms with E-state index in [-0.39, 0.29) is 23.3 Å². The molecule has 0 N–H and O–H groups in total. The van der Waals surface area contributed by atoms with Gasteiger partial charge in [-0.1, -0.05) is 33.6 Å². The van der Waals surface area contributed by atoms with Crippen LogP contribution in [0.3, 0.4) is 0 Å². The van der Waals surface area contributed by atoms with Crippen LogP contribution in [0.5, 0.6) is 5.75 Å². The largest absolute Gasteiger partial charge is 0.489 e. The van der Waals surface area contributed by atoms with E-state index in [4.69, 9.17) is 16.3 Å². The third-order valence-electron chi connectivity index (χ3n) is 2.51. The highest BCUT2D eigenvalue weighted by atomic mass is 79.9. The SMILES string of the molecule is COc1c(Cl)ncn(Cc2ccc(F)cc2Br)c1=O. The second kappa shape index (κ2) is 5.71. The highest BCUT2D eigenvalue weighted by molar-refractivity contribution is 9.10. The van der Waals surface area contributed by atoms with Crippen molar-refractivity contribution in [2.45, 2.75) is 6.54 Å². The lowest BCUT2D eigenvalue weighted by molar-refractivity contribution is 0.401. The standard InChI is InChI=1S/C12H9BrClFN2O2/c1-19-10-11(14)16-6-17(12(10)18)5-7-2-3-8(15)4-9(7)13/h2-4,6H,5H2,1H3. The Kier molecular flexibility index (Phi) is 4.21. The van der Waals surface area contributed by atoms with Gasteiger partial charge in [-0.05, 0) is 17.7 Å². The first-order valence-corrected chi connectivity index (χ1v) is 6.43. The van der Waals surface area contributed by atoms with Crippen molar-refractivity contribution in [3.63, 3.8) is 0 Å². The van der Waals surface area contributed by atoms with E-state index >= 15 is 0 Å². The van der Waals surface area contributed by atoms with Crippen molar-refractivity contribution in [2.24, 2.45) is 0 Å². The summed E-state index contributed by atoms with van der Waals surface area (Å²) in [5, 5.41) is 0.0157. The number of nitrogens with zero attached hydrogens (tertiary/aromatic N) is 2. The summed E-state index contributed by atoms with van der Waals surface area (Å²) in [7, 11) is 1.35. The van der Waals surface area contributed by atoms with Crippen molar-refractivity contribution in [2.75, 3.05) is 7.11 Å². The molecule has 0 spiro atoms.